The van der Waals surface area contributed by atoms with E-state index in [0.717, 1.165) is 12.6 Å². The molecule has 2 heteroatoms. The summed E-state index contributed by atoms with van der Waals surface area (Å²) >= 11 is 1.92. The molecule has 0 saturated heterocycles. The maximum Gasteiger partial charge on any atom is 0.0346 e. The maximum atomic E-state index is 3.71. The van der Waals surface area contributed by atoms with Crippen molar-refractivity contribution in [2.75, 3.05) is 0 Å². The van der Waals surface area contributed by atoms with Gasteiger partial charge in [-0.25, -0.2) is 0 Å². The predicted molar refractivity (Wildman–Crippen MR) is 75.5 cm³/mol. The van der Waals surface area contributed by atoms with Crippen LogP contribution in [0.25, 0.3) is 10.1 Å². The lowest BCUT2D eigenvalue weighted by Crippen LogP contribution is -2.30. The number of rotatable bonds is 3. The van der Waals surface area contributed by atoms with Crippen LogP contribution in [0.5, 0.6) is 0 Å². The molecule has 0 unspecified atom stereocenters. The minimum atomic E-state index is 0.758. The second kappa shape index (κ2) is 5.19. The number of nitrogens with one attached hydrogen (secondary N) is 1. The van der Waals surface area contributed by atoms with Gasteiger partial charge in [0.15, 0.2) is 0 Å². The first kappa shape index (κ1) is 11.2. The van der Waals surface area contributed by atoms with Gasteiger partial charge in [-0.2, -0.15) is 0 Å². The van der Waals surface area contributed by atoms with Crippen LogP contribution in [-0.4, -0.2) is 6.04 Å². The molecule has 0 radical (unpaired) electrons. The molecule has 90 valence electrons. The number of thiophene rings is 1. The van der Waals surface area contributed by atoms with Gasteiger partial charge in [0, 0.05) is 22.2 Å². The largest absolute Gasteiger partial charge is 0.309 e. The van der Waals surface area contributed by atoms with E-state index in [1.165, 1.54) is 47.1 Å². The lowest BCUT2D eigenvalue weighted by molar-refractivity contribution is 0.373. The van der Waals surface area contributed by atoms with Crippen molar-refractivity contribution in [2.24, 2.45) is 0 Å². The Labute approximate surface area is 107 Å². The molecule has 1 aromatic carbocycles. The molecule has 1 heterocycles. The quantitative estimate of drug-likeness (QED) is 0.849. The topological polar surface area (TPSA) is 12.0 Å². The van der Waals surface area contributed by atoms with Crippen molar-refractivity contribution in [1.82, 2.24) is 5.32 Å². The molecule has 0 spiro atoms. The molecule has 1 N–H and O–H groups in total. The van der Waals surface area contributed by atoms with Crippen molar-refractivity contribution in [1.29, 1.82) is 0 Å². The van der Waals surface area contributed by atoms with Crippen molar-refractivity contribution < 1.29 is 0 Å². The third-order valence-electron chi connectivity index (χ3n) is 3.65. The third-order valence-corrected chi connectivity index (χ3v) is 4.76. The van der Waals surface area contributed by atoms with Gasteiger partial charge in [0.05, 0.1) is 0 Å². The summed E-state index contributed by atoms with van der Waals surface area (Å²) in [4.78, 5) is 1.47. The highest BCUT2D eigenvalue weighted by atomic mass is 32.1. The normalized spacial score (nSPS) is 17.6. The zero-order valence-electron chi connectivity index (χ0n) is 10.1. The van der Waals surface area contributed by atoms with E-state index in [1.54, 1.807) is 0 Å². The summed E-state index contributed by atoms with van der Waals surface area (Å²) in [5.41, 5.74) is 0. The van der Waals surface area contributed by atoms with Crippen molar-refractivity contribution in [3.8, 4) is 0 Å². The Balaban J connectivity index is 1.64. The van der Waals surface area contributed by atoms with Gasteiger partial charge >= 0.3 is 0 Å². The fraction of sp³-hybridized carbons (Fsp3) is 0.467. The molecule has 0 bridgehead atoms. The first-order valence-electron chi connectivity index (χ1n) is 6.63. The van der Waals surface area contributed by atoms with E-state index in [-0.39, 0.29) is 0 Å². The predicted octanol–water partition coefficient (Wildman–Crippen LogP) is 4.32. The smallest absolute Gasteiger partial charge is 0.0346 e. The van der Waals surface area contributed by atoms with Gasteiger partial charge < -0.3 is 5.32 Å². The first-order chi connectivity index (χ1) is 8.42. The van der Waals surface area contributed by atoms with Gasteiger partial charge in [-0.1, -0.05) is 37.5 Å². The van der Waals surface area contributed by atoms with Crippen LogP contribution in [0.15, 0.2) is 30.3 Å². The van der Waals surface area contributed by atoms with Crippen molar-refractivity contribution >= 4 is 21.4 Å². The Bertz CT molecular complexity index is 449. The number of hydrogen-bond acceptors (Lipinski definition) is 2. The monoisotopic (exact) mass is 245 g/mol. The molecule has 0 aliphatic heterocycles. The minimum absolute atomic E-state index is 0.758. The van der Waals surface area contributed by atoms with Gasteiger partial charge in [0.25, 0.3) is 0 Å². The van der Waals surface area contributed by atoms with Crippen molar-refractivity contribution in [2.45, 2.75) is 44.7 Å². The van der Waals surface area contributed by atoms with Crippen LogP contribution in [0, 0.1) is 0 Å². The zero-order chi connectivity index (χ0) is 11.5. The fourth-order valence-corrected chi connectivity index (χ4v) is 3.69. The first-order valence-corrected chi connectivity index (χ1v) is 7.44. The van der Waals surface area contributed by atoms with Gasteiger partial charge in [-0.15, -0.1) is 11.3 Å². The average Bonchev–Trinajstić information content (AvgIpc) is 2.80. The summed E-state index contributed by atoms with van der Waals surface area (Å²) in [6.45, 7) is 1.05. The molecule has 1 nitrogen and oxygen atoms in total. The molecule has 17 heavy (non-hydrogen) atoms. The SMILES string of the molecule is c1ccc2sc(CNC3CCCCC3)cc2c1. The molecule has 2 aromatic rings. The van der Waals surface area contributed by atoms with E-state index in [9.17, 15) is 0 Å². The highest BCUT2D eigenvalue weighted by Crippen LogP contribution is 2.25. The molecular formula is C15H19NS. The van der Waals surface area contributed by atoms with Crippen LogP contribution < -0.4 is 5.32 Å². The molecule has 0 amide bonds. The number of fused-ring (bicyclic) bond motifs is 1. The Morgan fingerprint density at radius 2 is 1.94 bits per heavy atom. The van der Waals surface area contributed by atoms with Gasteiger partial charge in [0.1, 0.15) is 0 Å². The van der Waals surface area contributed by atoms with Crippen molar-refractivity contribution in [3.05, 3.63) is 35.2 Å². The second-order valence-electron chi connectivity index (χ2n) is 4.97. The Hall–Kier alpha value is -0.860. The summed E-state index contributed by atoms with van der Waals surface area (Å²) in [5, 5.41) is 5.10. The average molecular weight is 245 g/mol. The fourth-order valence-electron chi connectivity index (χ4n) is 2.68. The molecule has 3 rings (SSSR count). The lowest BCUT2D eigenvalue weighted by atomic mass is 9.95. The number of benzene rings is 1. The molecule has 0 atom stereocenters. The van der Waals surface area contributed by atoms with E-state index < -0.39 is 0 Å². The zero-order valence-corrected chi connectivity index (χ0v) is 10.9. The van der Waals surface area contributed by atoms with Crippen LogP contribution >= 0.6 is 11.3 Å². The van der Waals surface area contributed by atoms with Gasteiger partial charge in [0.2, 0.25) is 0 Å². The summed E-state index contributed by atoms with van der Waals surface area (Å²) in [6.07, 6.45) is 6.98. The standard InChI is InChI=1S/C15H19NS/c1-2-7-13(8-3-1)16-11-14-10-12-6-4-5-9-15(12)17-14/h4-6,9-10,13,16H,1-3,7-8,11H2. The Kier molecular flexibility index (Phi) is 3.44. The summed E-state index contributed by atoms with van der Waals surface area (Å²) in [6, 6.07) is 11.7. The van der Waals surface area contributed by atoms with E-state index in [2.05, 4.69) is 35.6 Å². The molecule has 1 saturated carbocycles. The second-order valence-corrected chi connectivity index (χ2v) is 6.13. The molecule has 1 aromatic heterocycles. The summed E-state index contributed by atoms with van der Waals surface area (Å²) in [5.74, 6) is 0. The van der Waals surface area contributed by atoms with E-state index in [0.29, 0.717) is 0 Å². The highest BCUT2D eigenvalue weighted by Gasteiger charge is 2.12. The molecule has 1 aliphatic carbocycles. The summed E-state index contributed by atoms with van der Waals surface area (Å²) in [7, 11) is 0. The highest BCUT2D eigenvalue weighted by molar-refractivity contribution is 7.19. The van der Waals surface area contributed by atoms with E-state index in [4.69, 9.17) is 0 Å². The van der Waals surface area contributed by atoms with Crippen LogP contribution in [-0.2, 0) is 6.54 Å². The maximum absolute atomic E-state index is 3.71. The van der Waals surface area contributed by atoms with Crippen LogP contribution in [0.2, 0.25) is 0 Å². The number of hydrogen-bond donors (Lipinski definition) is 1. The van der Waals surface area contributed by atoms with Gasteiger partial charge in [-0.3, -0.25) is 0 Å². The minimum Gasteiger partial charge on any atom is -0.309 e. The lowest BCUT2D eigenvalue weighted by Gasteiger charge is -2.22. The van der Waals surface area contributed by atoms with Crippen molar-refractivity contribution in [3.63, 3.8) is 0 Å². The molecule has 1 aliphatic rings. The summed E-state index contributed by atoms with van der Waals surface area (Å²) < 4.78 is 1.41. The molecular weight excluding hydrogens is 226 g/mol. The van der Waals surface area contributed by atoms with E-state index >= 15 is 0 Å². The Morgan fingerprint density at radius 1 is 1.12 bits per heavy atom. The van der Waals surface area contributed by atoms with Crippen LogP contribution in [0.3, 0.4) is 0 Å². The van der Waals surface area contributed by atoms with Crippen LogP contribution in [0.4, 0.5) is 0 Å². The third kappa shape index (κ3) is 2.70. The molecule has 1 fully saturated rings. The Morgan fingerprint density at radius 3 is 2.76 bits per heavy atom. The van der Waals surface area contributed by atoms with E-state index in [1.807, 2.05) is 11.3 Å². The van der Waals surface area contributed by atoms with Gasteiger partial charge in [-0.05, 0) is 30.4 Å². The van der Waals surface area contributed by atoms with Crippen LogP contribution in [0.1, 0.15) is 37.0 Å².